The zero-order chi connectivity index (χ0) is 9.84. The van der Waals surface area contributed by atoms with E-state index in [0.717, 1.165) is 0 Å². The highest BCUT2D eigenvalue weighted by Gasteiger charge is 2.09. The molecule has 6 heteroatoms. The summed E-state index contributed by atoms with van der Waals surface area (Å²) in [5.74, 6) is 0.296. The molecule has 0 saturated heterocycles. The fourth-order valence-electron chi connectivity index (χ4n) is 0.783. The van der Waals surface area contributed by atoms with Gasteiger partial charge >= 0.3 is 0 Å². The lowest BCUT2D eigenvalue weighted by Gasteiger charge is -2.02. The summed E-state index contributed by atoms with van der Waals surface area (Å²) in [5.41, 5.74) is 5.42. The van der Waals surface area contributed by atoms with Crippen LogP contribution in [0, 0.1) is 22.7 Å². The summed E-state index contributed by atoms with van der Waals surface area (Å²) in [6.45, 7) is 0. The SMILES string of the molecule is CNc1nc(N)c(C#N)nc1C#N. The van der Waals surface area contributed by atoms with Crippen molar-refractivity contribution >= 4 is 11.6 Å². The van der Waals surface area contributed by atoms with E-state index in [2.05, 4.69) is 15.3 Å². The maximum absolute atomic E-state index is 8.62. The van der Waals surface area contributed by atoms with Crippen LogP contribution >= 0.6 is 0 Å². The lowest BCUT2D eigenvalue weighted by molar-refractivity contribution is 1.13. The maximum Gasteiger partial charge on any atom is 0.184 e. The Kier molecular flexibility index (Phi) is 2.27. The third-order valence-electron chi connectivity index (χ3n) is 1.37. The quantitative estimate of drug-likeness (QED) is 0.612. The highest BCUT2D eigenvalue weighted by molar-refractivity contribution is 5.55. The summed E-state index contributed by atoms with van der Waals surface area (Å²) in [6, 6.07) is 3.55. The van der Waals surface area contributed by atoms with Gasteiger partial charge in [0.05, 0.1) is 0 Å². The molecule has 1 heterocycles. The Labute approximate surface area is 74.6 Å². The molecule has 1 rings (SSSR count). The van der Waals surface area contributed by atoms with Gasteiger partial charge in [0, 0.05) is 7.05 Å². The van der Waals surface area contributed by atoms with Crippen LogP contribution in [0.2, 0.25) is 0 Å². The van der Waals surface area contributed by atoms with Crippen LogP contribution in [0.15, 0.2) is 0 Å². The summed E-state index contributed by atoms with van der Waals surface area (Å²) in [6.07, 6.45) is 0. The van der Waals surface area contributed by atoms with E-state index in [9.17, 15) is 0 Å². The normalized spacial score (nSPS) is 8.54. The first-order valence-electron chi connectivity index (χ1n) is 3.38. The Morgan fingerprint density at radius 3 is 2.31 bits per heavy atom. The second-order valence-electron chi connectivity index (χ2n) is 2.13. The molecular formula is C7H6N6. The second kappa shape index (κ2) is 3.37. The van der Waals surface area contributed by atoms with Gasteiger partial charge in [0.25, 0.3) is 0 Å². The Bertz CT molecular complexity index is 410. The van der Waals surface area contributed by atoms with Crippen molar-refractivity contribution in [2.24, 2.45) is 0 Å². The highest BCUT2D eigenvalue weighted by Crippen LogP contribution is 2.13. The molecule has 0 bridgehead atoms. The molecular weight excluding hydrogens is 168 g/mol. The fourth-order valence-corrected chi connectivity index (χ4v) is 0.783. The van der Waals surface area contributed by atoms with Gasteiger partial charge in [-0.05, 0) is 0 Å². The van der Waals surface area contributed by atoms with Gasteiger partial charge in [0.2, 0.25) is 0 Å². The smallest absolute Gasteiger partial charge is 0.184 e. The minimum Gasteiger partial charge on any atom is -0.381 e. The van der Waals surface area contributed by atoms with Crippen molar-refractivity contribution in [3.63, 3.8) is 0 Å². The number of nitrogens with one attached hydrogen (secondary N) is 1. The van der Waals surface area contributed by atoms with Gasteiger partial charge in [-0.1, -0.05) is 0 Å². The van der Waals surface area contributed by atoms with E-state index in [1.807, 2.05) is 0 Å². The zero-order valence-corrected chi connectivity index (χ0v) is 6.87. The third-order valence-corrected chi connectivity index (χ3v) is 1.37. The number of nitrogen functional groups attached to an aromatic ring is 1. The molecule has 0 unspecified atom stereocenters. The lowest BCUT2D eigenvalue weighted by atomic mass is 10.3. The molecule has 0 aromatic carbocycles. The molecule has 0 saturated carbocycles. The Morgan fingerprint density at radius 1 is 1.23 bits per heavy atom. The molecule has 0 aliphatic rings. The standard InChI is InChI=1S/C7H6N6/c1-11-7-5(3-9)12-4(2-8)6(10)13-7/h1H3,(H3,10,11,13). The van der Waals surface area contributed by atoms with Gasteiger partial charge in [0.15, 0.2) is 23.0 Å². The number of hydrogen-bond donors (Lipinski definition) is 2. The van der Waals surface area contributed by atoms with Crippen molar-refractivity contribution in [3.05, 3.63) is 11.4 Å². The van der Waals surface area contributed by atoms with Crippen LogP contribution in [0.1, 0.15) is 11.4 Å². The number of nitriles is 2. The molecule has 1 aromatic heterocycles. The summed E-state index contributed by atoms with van der Waals surface area (Å²) < 4.78 is 0. The molecule has 3 N–H and O–H groups in total. The predicted octanol–water partition coefficient (Wildman–Crippen LogP) is -0.156. The van der Waals surface area contributed by atoms with Crippen molar-refractivity contribution in [2.75, 3.05) is 18.1 Å². The summed E-state index contributed by atoms with van der Waals surface area (Å²) >= 11 is 0. The highest BCUT2D eigenvalue weighted by atomic mass is 15.0. The molecule has 13 heavy (non-hydrogen) atoms. The second-order valence-corrected chi connectivity index (χ2v) is 2.13. The van der Waals surface area contributed by atoms with Crippen LogP contribution in [-0.2, 0) is 0 Å². The number of nitrogens with zero attached hydrogens (tertiary/aromatic N) is 4. The average Bonchev–Trinajstić information content (AvgIpc) is 2.17. The monoisotopic (exact) mass is 174 g/mol. The summed E-state index contributed by atoms with van der Waals surface area (Å²) in [7, 11) is 1.59. The molecule has 0 radical (unpaired) electrons. The van der Waals surface area contributed by atoms with E-state index in [-0.39, 0.29) is 23.0 Å². The van der Waals surface area contributed by atoms with Gasteiger partial charge in [-0.3, -0.25) is 0 Å². The van der Waals surface area contributed by atoms with E-state index in [0.29, 0.717) is 0 Å². The predicted molar refractivity (Wildman–Crippen MR) is 45.4 cm³/mol. The third kappa shape index (κ3) is 1.47. The van der Waals surface area contributed by atoms with Crippen molar-refractivity contribution in [2.45, 2.75) is 0 Å². The molecule has 0 aliphatic heterocycles. The summed E-state index contributed by atoms with van der Waals surface area (Å²) in [5, 5.41) is 19.8. The molecule has 0 fully saturated rings. The lowest BCUT2D eigenvalue weighted by Crippen LogP contribution is -2.05. The van der Waals surface area contributed by atoms with Crippen molar-refractivity contribution in [3.8, 4) is 12.1 Å². The van der Waals surface area contributed by atoms with E-state index >= 15 is 0 Å². The number of aromatic nitrogens is 2. The van der Waals surface area contributed by atoms with Crippen molar-refractivity contribution in [1.82, 2.24) is 9.97 Å². The first-order valence-corrected chi connectivity index (χ1v) is 3.38. The fraction of sp³-hybridized carbons (Fsp3) is 0.143. The number of rotatable bonds is 1. The van der Waals surface area contributed by atoms with Crippen molar-refractivity contribution < 1.29 is 0 Å². The molecule has 6 nitrogen and oxygen atoms in total. The molecule has 0 aliphatic carbocycles. The van der Waals surface area contributed by atoms with E-state index in [4.69, 9.17) is 16.3 Å². The van der Waals surface area contributed by atoms with Crippen LogP contribution in [0.5, 0.6) is 0 Å². The Morgan fingerprint density at radius 2 is 1.85 bits per heavy atom. The van der Waals surface area contributed by atoms with Gasteiger partial charge < -0.3 is 11.1 Å². The Balaban J connectivity index is 3.39. The van der Waals surface area contributed by atoms with Crippen LogP contribution in [0.25, 0.3) is 0 Å². The molecule has 1 aromatic rings. The minimum absolute atomic E-state index is 0.0193. The molecule has 0 amide bonds. The maximum atomic E-state index is 8.62. The number of nitrogens with two attached hydrogens (primary N) is 1. The van der Waals surface area contributed by atoms with Crippen LogP contribution in [-0.4, -0.2) is 17.0 Å². The van der Waals surface area contributed by atoms with Gasteiger partial charge in [-0.15, -0.1) is 0 Å². The minimum atomic E-state index is -0.0319. The molecule has 0 atom stereocenters. The van der Waals surface area contributed by atoms with Gasteiger partial charge in [-0.2, -0.15) is 10.5 Å². The van der Waals surface area contributed by atoms with Crippen LogP contribution < -0.4 is 11.1 Å². The number of anilines is 2. The van der Waals surface area contributed by atoms with Crippen LogP contribution in [0.4, 0.5) is 11.6 Å². The Hall–Kier alpha value is -2.34. The first-order chi connectivity index (χ1) is 6.22. The van der Waals surface area contributed by atoms with E-state index in [1.165, 1.54) is 0 Å². The van der Waals surface area contributed by atoms with Gasteiger partial charge in [0.1, 0.15) is 12.1 Å². The average molecular weight is 174 g/mol. The topological polar surface area (TPSA) is 111 Å². The van der Waals surface area contributed by atoms with Gasteiger partial charge in [-0.25, -0.2) is 9.97 Å². The van der Waals surface area contributed by atoms with E-state index in [1.54, 1.807) is 19.2 Å². The van der Waals surface area contributed by atoms with Crippen molar-refractivity contribution in [1.29, 1.82) is 10.5 Å². The first kappa shape index (κ1) is 8.75. The molecule has 64 valence electrons. The largest absolute Gasteiger partial charge is 0.381 e. The molecule has 0 spiro atoms. The van der Waals surface area contributed by atoms with Crippen LogP contribution in [0.3, 0.4) is 0 Å². The zero-order valence-electron chi connectivity index (χ0n) is 6.87. The number of hydrogen-bond acceptors (Lipinski definition) is 6. The van der Waals surface area contributed by atoms with E-state index < -0.39 is 0 Å². The summed E-state index contributed by atoms with van der Waals surface area (Å²) in [4.78, 5) is 7.50.